The van der Waals surface area contributed by atoms with E-state index in [-0.39, 0.29) is 16.4 Å². The molecule has 7 nitrogen and oxygen atoms in total. The average molecular weight is 390 g/mol. The lowest BCUT2D eigenvalue weighted by Gasteiger charge is -2.18. The molecule has 1 unspecified atom stereocenters. The number of amides is 1. The smallest absolute Gasteiger partial charge is 0.326 e. The van der Waals surface area contributed by atoms with Gasteiger partial charge in [-0.15, -0.1) is 0 Å². The predicted octanol–water partition coefficient (Wildman–Crippen LogP) is 2.63. The number of hydrogen-bond acceptors (Lipinski definition) is 4. The zero-order valence-electron chi connectivity index (χ0n) is 15.3. The number of rotatable bonds is 7. The summed E-state index contributed by atoms with van der Waals surface area (Å²) in [5.74, 6) is -1.99. The van der Waals surface area contributed by atoms with Gasteiger partial charge in [0.25, 0.3) is 15.9 Å². The first kappa shape index (κ1) is 20.4. The van der Waals surface area contributed by atoms with Crippen molar-refractivity contribution in [3.8, 4) is 0 Å². The van der Waals surface area contributed by atoms with E-state index in [2.05, 4.69) is 10.0 Å². The second-order valence-electron chi connectivity index (χ2n) is 6.53. The monoisotopic (exact) mass is 390 g/mol. The predicted molar refractivity (Wildman–Crippen MR) is 102 cm³/mol. The van der Waals surface area contributed by atoms with Gasteiger partial charge in [0.15, 0.2) is 0 Å². The Morgan fingerprint density at radius 2 is 1.52 bits per heavy atom. The van der Waals surface area contributed by atoms with Crippen LogP contribution in [0.4, 0.5) is 5.69 Å². The Bertz CT molecular complexity index is 920. The number of hydrogen-bond donors (Lipinski definition) is 3. The van der Waals surface area contributed by atoms with Gasteiger partial charge < -0.3 is 10.4 Å². The van der Waals surface area contributed by atoms with Crippen molar-refractivity contribution in [1.82, 2.24) is 5.32 Å². The third-order valence-corrected chi connectivity index (χ3v) is 5.35. The number of sulfonamides is 1. The first-order valence-electron chi connectivity index (χ1n) is 8.33. The number of carbonyl (C=O) groups excluding carboxylic acids is 1. The third kappa shape index (κ3) is 5.30. The van der Waals surface area contributed by atoms with Crippen LogP contribution < -0.4 is 10.0 Å². The molecule has 0 spiro atoms. The molecule has 27 heavy (non-hydrogen) atoms. The van der Waals surface area contributed by atoms with E-state index in [9.17, 15) is 18.0 Å². The number of carboxylic acids is 1. The van der Waals surface area contributed by atoms with Crippen molar-refractivity contribution in [2.75, 3.05) is 4.72 Å². The van der Waals surface area contributed by atoms with Crippen LogP contribution in [0, 0.1) is 12.8 Å². The summed E-state index contributed by atoms with van der Waals surface area (Å²) in [4.78, 5) is 23.4. The van der Waals surface area contributed by atoms with Crippen molar-refractivity contribution in [3.05, 3.63) is 59.7 Å². The van der Waals surface area contributed by atoms with Gasteiger partial charge in [-0.2, -0.15) is 0 Å². The van der Waals surface area contributed by atoms with E-state index in [1.807, 2.05) is 6.92 Å². The maximum absolute atomic E-state index is 12.4. The Kier molecular flexibility index (Phi) is 6.22. The average Bonchev–Trinajstić information content (AvgIpc) is 2.60. The molecule has 0 saturated heterocycles. The lowest BCUT2D eigenvalue weighted by molar-refractivity contribution is -0.140. The Morgan fingerprint density at radius 1 is 0.963 bits per heavy atom. The number of anilines is 1. The minimum atomic E-state index is -3.79. The molecule has 0 saturated carbocycles. The maximum Gasteiger partial charge on any atom is 0.326 e. The Labute approximate surface area is 158 Å². The summed E-state index contributed by atoms with van der Waals surface area (Å²) < 4.78 is 27.3. The van der Waals surface area contributed by atoms with Gasteiger partial charge in [0, 0.05) is 11.3 Å². The molecule has 2 aromatic rings. The standard InChI is InChI=1S/C19H22N2O5S/c1-12(2)17(19(23)24)20-18(22)14-6-10-16(11-7-14)27(25,26)21-15-8-4-13(3)5-9-15/h4-12,17,21H,1-3H3,(H,20,22)(H,23,24). The van der Waals surface area contributed by atoms with E-state index in [4.69, 9.17) is 5.11 Å². The molecule has 0 fully saturated rings. The number of carbonyl (C=O) groups is 2. The van der Waals surface area contributed by atoms with Crippen LogP contribution in [0.1, 0.15) is 29.8 Å². The summed E-state index contributed by atoms with van der Waals surface area (Å²) >= 11 is 0. The van der Waals surface area contributed by atoms with Crippen molar-refractivity contribution in [2.24, 2.45) is 5.92 Å². The molecule has 0 aromatic heterocycles. The van der Waals surface area contributed by atoms with E-state index < -0.39 is 27.9 Å². The second kappa shape index (κ2) is 8.22. The highest BCUT2D eigenvalue weighted by molar-refractivity contribution is 7.92. The van der Waals surface area contributed by atoms with Gasteiger partial charge in [-0.05, 0) is 49.2 Å². The molecule has 2 rings (SSSR count). The molecule has 2 aromatic carbocycles. The molecule has 144 valence electrons. The zero-order chi connectivity index (χ0) is 20.2. The van der Waals surface area contributed by atoms with Crippen LogP contribution in [-0.2, 0) is 14.8 Å². The van der Waals surface area contributed by atoms with E-state index in [0.29, 0.717) is 5.69 Å². The fourth-order valence-electron chi connectivity index (χ4n) is 2.36. The van der Waals surface area contributed by atoms with Crippen molar-refractivity contribution in [3.63, 3.8) is 0 Å². The maximum atomic E-state index is 12.4. The van der Waals surface area contributed by atoms with Gasteiger partial charge in [0.2, 0.25) is 0 Å². The first-order chi connectivity index (χ1) is 12.6. The molecule has 0 heterocycles. The molecule has 8 heteroatoms. The molecule has 0 aliphatic carbocycles. The van der Waals surface area contributed by atoms with Gasteiger partial charge in [0.1, 0.15) is 6.04 Å². The first-order valence-corrected chi connectivity index (χ1v) is 9.81. The van der Waals surface area contributed by atoms with Gasteiger partial charge in [-0.25, -0.2) is 13.2 Å². The fourth-order valence-corrected chi connectivity index (χ4v) is 3.42. The van der Waals surface area contributed by atoms with E-state index in [1.165, 1.54) is 24.3 Å². The van der Waals surface area contributed by atoms with Gasteiger partial charge in [0.05, 0.1) is 4.90 Å². The minimum Gasteiger partial charge on any atom is -0.480 e. The summed E-state index contributed by atoms with van der Waals surface area (Å²) in [6.45, 7) is 5.27. The lowest BCUT2D eigenvalue weighted by Crippen LogP contribution is -2.44. The molecule has 0 bridgehead atoms. The topological polar surface area (TPSA) is 113 Å². The fraction of sp³-hybridized carbons (Fsp3) is 0.263. The summed E-state index contributed by atoms with van der Waals surface area (Å²) in [5.41, 5.74) is 1.62. The number of benzene rings is 2. The van der Waals surface area contributed by atoms with E-state index >= 15 is 0 Å². The molecule has 3 N–H and O–H groups in total. The van der Waals surface area contributed by atoms with Crippen molar-refractivity contribution >= 4 is 27.6 Å². The van der Waals surface area contributed by atoms with Crippen molar-refractivity contribution in [2.45, 2.75) is 31.7 Å². The largest absolute Gasteiger partial charge is 0.480 e. The van der Waals surface area contributed by atoms with Gasteiger partial charge >= 0.3 is 5.97 Å². The van der Waals surface area contributed by atoms with Crippen LogP contribution in [0.2, 0.25) is 0 Å². The van der Waals surface area contributed by atoms with E-state index in [0.717, 1.165) is 5.56 Å². The Morgan fingerprint density at radius 3 is 2.00 bits per heavy atom. The number of carboxylic acid groups (broad SMARTS) is 1. The van der Waals surface area contributed by atoms with E-state index in [1.54, 1.807) is 38.1 Å². The number of aryl methyl sites for hydroxylation is 1. The quantitative estimate of drug-likeness (QED) is 0.673. The molecule has 0 radical (unpaired) electrons. The molecule has 0 aliphatic rings. The van der Waals surface area contributed by atoms with Crippen LogP contribution in [0.15, 0.2) is 53.4 Å². The Balaban J connectivity index is 2.14. The van der Waals surface area contributed by atoms with Gasteiger partial charge in [-0.1, -0.05) is 31.5 Å². The lowest BCUT2D eigenvalue weighted by atomic mass is 10.0. The normalized spacial score (nSPS) is 12.4. The van der Waals surface area contributed by atoms with Crippen LogP contribution >= 0.6 is 0 Å². The van der Waals surface area contributed by atoms with Gasteiger partial charge in [-0.3, -0.25) is 9.52 Å². The highest BCUT2D eigenvalue weighted by Gasteiger charge is 2.24. The number of nitrogens with one attached hydrogen (secondary N) is 2. The third-order valence-electron chi connectivity index (χ3n) is 3.95. The molecule has 0 aliphatic heterocycles. The second-order valence-corrected chi connectivity index (χ2v) is 8.21. The molecular formula is C19H22N2O5S. The minimum absolute atomic E-state index is 0.00160. The van der Waals surface area contributed by atoms with Crippen LogP contribution in [0.5, 0.6) is 0 Å². The SMILES string of the molecule is Cc1ccc(NS(=O)(=O)c2ccc(C(=O)NC(C(=O)O)C(C)C)cc2)cc1. The Hall–Kier alpha value is -2.87. The van der Waals surface area contributed by atoms with Crippen LogP contribution in [0.25, 0.3) is 0 Å². The highest BCUT2D eigenvalue weighted by atomic mass is 32.2. The molecule has 1 amide bonds. The molecular weight excluding hydrogens is 368 g/mol. The van der Waals surface area contributed by atoms with Crippen LogP contribution in [0.3, 0.4) is 0 Å². The number of aliphatic carboxylic acids is 1. The summed E-state index contributed by atoms with van der Waals surface area (Å²) in [6, 6.07) is 11.2. The van der Waals surface area contributed by atoms with Crippen molar-refractivity contribution in [1.29, 1.82) is 0 Å². The zero-order valence-corrected chi connectivity index (χ0v) is 16.1. The summed E-state index contributed by atoms with van der Waals surface area (Å²) in [6.07, 6.45) is 0. The summed E-state index contributed by atoms with van der Waals surface area (Å²) in [7, 11) is -3.79. The highest BCUT2D eigenvalue weighted by Crippen LogP contribution is 2.17. The van der Waals surface area contributed by atoms with Crippen molar-refractivity contribution < 1.29 is 23.1 Å². The van der Waals surface area contributed by atoms with Crippen LogP contribution in [-0.4, -0.2) is 31.4 Å². The molecule has 1 atom stereocenters. The summed E-state index contributed by atoms with van der Waals surface area (Å²) in [5, 5.41) is 11.6.